The van der Waals surface area contributed by atoms with Gasteiger partial charge in [-0.15, -0.1) is 0 Å². The zero-order chi connectivity index (χ0) is 18.0. The molecule has 3 aromatic rings. The van der Waals surface area contributed by atoms with Crippen molar-refractivity contribution >= 4 is 17.2 Å². The molecule has 2 heterocycles. The molecule has 0 saturated heterocycles. The molecule has 1 N–H and O–H groups in total. The summed E-state index contributed by atoms with van der Waals surface area (Å²) in [5.41, 5.74) is 3.11. The maximum absolute atomic E-state index is 13.7. The lowest BCUT2D eigenvalue weighted by Gasteiger charge is -2.11. The van der Waals surface area contributed by atoms with E-state index in [4.69, 9.17) is 4.74 Å². The first-order valence-corrected chi connectivity index (χ1v) is 8.16. The SMILES string of the molecule is CCCc1nc2ccc(F)cn2c1C(=O)Nc1cc(C)ccc1OC. The Kier molecular flexibility index (Phi) is 4.70. The van der Waals surface area contributed by atoms with Gasteiger partial charge in [-0.1, -0.05) is 19.4 Å². The number of imidazole rings is 1. The molecule has 0 atom stereocenters. The Morgan fingerprint density at radius 2 is 2.12 bits per heavy atom. The van der Waals surface area contributed by atoms with Crippen LogP contribution in [0.3, 0.4) is 0 Å². The number of nitrogens with zero attached hydrogens (tertiary/aromatic N) is 2. The van der Waals surface area contributed by atoms with Gasteiger partial charge in [0.2, 0.25) is 0 Å². The summed E-state index contributed by atoms with van der Waals surface area (Å²) in [6.07, 6.45) is 2.75. The van der Waals surface area contributed by atoms with Crippen LogP contribution in [0.25, 0.3) is 5.65 Å². The van der Waals surface area contributed by atoms with Crippen LogP contribution in [0.4, 0.5) is 10.1 Å². The molecule has 3 rings (SSSR count). The first-order valence-electron chi connectivity index (χ1n) is 8.16. The minimum Gasteiger partial charge on any atom is -0.495 e. The van der Waals surface area contributed by atoms with Gasteiger partial charge >= 0.3 is 0 Å². The van der Waals surface area contributed by atoms with E-state index in [2.05, 4.69) is 10.3 Å². The van der Waals surface area contributed by atoms with E-state index in [9.17, 15) is 9.18 Å². The average molecular weight is 341 g/mol. The molecule has 0 bridgehead atoms. The molecule has 1 amide bonds. The van der Waals surface area contributed by atoms with Crippen LogP contribution in [0, 0.1) is 12.7 Å². The van der Waals surface area contributed by atoms with E-state index in [0.717, 1.165) is 12.0 Å². The first kappa shape index (κ1) is 17.0. The summed E-state index contributed by atoms with van der Waals surface area (Å²) < 4.78 is 20.5. The fraction of sp³-hybridized carbons (Fsp3) is 0.263. The number of fused-ring (bicyclic) bond motifs is 1. The Bertz CT molecular complexity index is 934. The number of hydrogen-bond donors (Lipinski definition) is 1. The van der Waals surface area contributed by atoms with E-state index in [0.29, 0.717) is 34.9 Å². The maximum atomic E-state index is 13.7. The Balaban J connectivity index is 2.06. The zero-order valence-electron chi connectivity index (χ0n) is 14.5. The fourth-order valence-electron chi connectivity index (χ4n) is 2.82. The molecule has 0 fully saturated rings. The van der Waals surface area contributed by atoms with Gasteiger partial charge in [-0.25, -0.2) is 9.37 Å². The molecule has 0 saturated carbocycles. The van der Waals surface area contributed by atoms with Gasteiger partial charge in [0.05, 0.1) is 18.5 Å². The topological polar surface area (TPSA) is 55.6 Å². The number of aryl methyl sites for hydroxylation is 2. The number of ether oxygens (including phenoxy) is 1. The molecule has 0 radical (unpaired) electrons. The number of benzene rings is 1. The van der Waals surface area contributed by atoms with Crippen LogP contribution in [-0.4, -0.2) is 22.4 Å². The van der Waals surface area contributed by atoms with Crippen LogP contribution in [-0.2, 0) is 6.42 Å². The van der Waals surface area contributed by atoms with E-state index in [-0.39, 0.29) is 5.91 Å². The van der Waals surface area contributed by atoms with E-state index in [1.807, 2.05) is 26.0 Å². The highest BCUT2D eigenvalue weighted by Crippen LogP contribution is 2.26. The molecule has 0 aliphatic heterocycles. The second kappa shape index (κ2) is 6.93. The standard InChI is InChI=1S/C19H20FN3O2/c1-4-5-14-18(23-11-13(20)7-9-17(23)21-14)19(24)22-15-10-12(2)6-8-16(15)25-3/h6-11H,4-5H2,1-3H3,(H,22,24). The Morgan fingerprint density at radius 1 is 1.32 bits per heavy atom. The number of halogens is 1. The van der Waals surface area contributed by atoms with Gasteiger partial charge in [0.15, 0.2) is 0 Å². The third-order valence-corrected chi connectivity index (χ3v) is 3.96. The number of hydrogen-bond acceptors (Lipinski definition) is 3. The van der Waals surface area contributed by atoms with Crippen LogP contribution < -0.4 is 10.1 Å². The number of rotatable bonds is 5. The van der Waals surface area contributed by atoms with Crippen LogP contribution in [0.2, 0.25) is 0 Å². The largest absolute Gasteiger partial charge is 0.495 e. The number of carbonyl (C=O) groups excluding carboxylic acids is 1. The van der Waals surface area contributed by atoms with Gasteiger partial charge in [0.25, 0.3) is 5.91 Å². The van der Waals surface area contributed by atoms with Gasteiger partial charge < -0.3 is 10.1 Å². The van der Waals surface area contributed by atoms with Gasteiger partial charge in [0.1, 0.15) is 22.9 Å². The Morgan fingerprint density at radius 3 is 2.84 bits per heavy atom. The average Bonchev–Trinajstić information content (AvgIpc) is 2.92. The number of aromatic nitrogens is 2. The monoisotopic (exact) mass is 341 g/mol. The molecule has 6 heteroatoms. The van der Waals surface area contributed by atoms with Crippen molar-refractivity contribution in [3.63, 3.8) is 0 Å². The van der Waals surface area contributed by atoms with Gasteiger partial charge in [0, 0.05) is 6.20 Å². The molecule has 0 aliphatic rings. The Hall–Kier alpha value is -2.89. The highest BCUT2D eigenvalue weighted by atomic mass is 19.1. The molecule has 2 aromatic heterocycles. The molecule has 1 aromatic carbocycles. The third-order valence-electron chi connectivity index (χ3n) is 3.96. The third kappa shape index (κ3) is 3.33. The van der Waals surface area contributed by atoms with E-state index in [1.54, 1.807) is 19.2 Å². The lowest BCUT2D eigenvalue weighted by Crippen LogP contribution is -2.17. The zero-order valence-corrected chi connectivity index (χ0v) is 14.5. The lowest BCUT2D eigenvalue weighted by atomic mass is 10.1. The van der Waals surface area contributed by atoms with E-state index < -0.39 is 5.82 Å². The predicted molar refractivity (Wildman–Crippen MR) is 94.8 cm³/mol. The molecule has 0 spiro atoms. The van der Waals surface area contributed by atoms with Crippen LogP contribution in [0.15, 0.2) is 36.5 Å². The number of amides is 1. The number of pyridine rings is 1. The van der Waals surface area contributed by atoms with E-state index in [1.165, 1.54) is 16.7 Å². The quantitative estimate of drug-likeness (QED) is 0.763. The molecular weight excluding hydrogens is 321 g/mol. The molecule has 0 aliphatic carbocycles. The molecule has 25 heavy (non-hydrogen) atoms. The summed E-state index contributed by atoms with van der Waals surface area (Å²) in [5, 5.41) is 2.87. The summed E-state index contributed by atoms with van der Waals surface area (Å²) in [4.78, 5) is 17.4. The lowest BCUT2D eigenvalue weighted by molar-refractivity contribution is 0.102. The fourth-order valence-corrected chi connectivity index (χ4v) is 2.82. The second-order valence-electron chi connectivity index (χ2n) is 5.89. The first-order chi connectivity index (χ1) is 12.0. The summed E-state index contributed by atoms with van der Waals surface area (Å²) in [7, 11) is 1.55. The minimum atomic E-state index is -0.421. The Labute approximate surface area is 145 Å². The smallest absolute Gasteiger partial charge is 0.274 e. The number of anilines is 1. The van der Waals surface area contributed by atoms with Crippen LogP contribution in [0.5, 0.6) is 5.75 Å². The molecule has 130 valence electrons. The van der Waals surface area contributed by atoms with Gasteiger partial charge in [-0.05, 0) is 43.2 Å². The second-order valence-corrected chi connectivity index (χ2v) is 5.89. The van der Waals surface area contributed by atoms with Crippen molar-refractivity contribution in [2.45, 2.75) is 26.7 Å². The number of nitrogens with one attached hydrogen (secondary N) is 1. The van der Waals surface area contributed by atoms with E-state index >= 15 is 0 Å². The van der Waals surface area contributed by atoms with Gasteiger partial charge in [-0.2, -0.15) is 0 Å². The van der Waals surface area contributed by atoms with Crippen molar-refractivity contribution in [3.8, 4) is 5.75 Å². The minimum absolute atomic E-state index is 0.342. The van der Waals surface area contributed by atoms with Crippen molar-refractivity contribution in [2.75, 3.05) is 12.4 Å². The number of carbonyl (C=O) groups is 1. The summed E-state index contributed by atoms with van der Waals surface area (Å²) in [5.74, 6) is -0.198. The number of methoxy groups -OCH3 is 1. The van der Waals surface area contributed by atoms with Crippen LogP contribution >= 0.6 is 0 Å². The summed E-state index contributed by atoms with van der Waals surface area (Å²) >= 11 is 0. The predicted octanol–water partition coefficient (Wildman–Crippen LogP) is 4.00. The molecular formula is C19H20FN3O2. The normalized spacial score (nSPS) is 10.9. The van der Waals surface area contributed by atoms with Crippen molar-refractivity contribution < 1.29 is 13.9 Å². The van der Waals surface area contributed by atoms with Gasteiger partial charge in [-0.3, -0.25) is 9.20 Å². The van der Waals surface area contributed by atoms with Crippen LogP contribution in [0.1, 0.15) is 35.1 Å². The summed E-state index contributed by atoms with van der Waals surface area (Å²) in [6.45, 7) is 3.94. The van der Waals surface area contributed by atoms with Crippen molar-refractivity contribution in [2.24, 2.45) is 0 Å². The molecule has 5 nitrogen and oxygen atoms in total. The highest BCUT2D eigenvalue weighted by Gasteiger charge is 2.20. The van der Waals surface area contributed by atoms with Crippen molar-refractivity contribution in [1.82, 2.24) is 9.38 Å². The molecule has 0 unspecified atom stereocenters. The summed E-state index contributed by atoms with van der Waals surface area (Å²) in [6, 6.07) is 8.44. The highest BCUT2D eigenvalue weighted by molar-refractivity contribution is 6.05. The maximum Gasteiger partial charge on any atom is 0.274 e. The van der Waals surface area contributed by atoms with Crippen molar-refractivity contribution in [3.05, 3.63) is 59.3 Å². The van der Waals surface area contributed by atoms with Crippen molar-refractivity contribution in [1.29, 1.82) is 0 Å².